The fourth-order valence-corrected chi connectivity index (χ4v) is 2.28. The lowest BCUT2D eigenvalue weighted by atomic mass is 10.0. The molecule has 4 heteroatoms. The number of nitrogens with zero attached hydrogens (tertiary/aromatic N) is 1. The van der Waals surface area contributed by atoms with Crippen LogP contribution in [-0.4, -0.2) is 43.2 Å². The van der Waals surface area contributed by atoms with Gasteiger partial charge in [0.25, 0.3) is 0 Å². The SMILES string of the molecule is CC(C)C(CN(C)C)NCC(O)c1ccccc1Cl. The van der Waals surface area contributed by atoms with Crippen molar-refractivity contribution in [2.75, 3.05) is 27.2 Å². The minimum absolute atomic E-state index is 0.354. The highest BCUT2D eigenvalue weighted by Crippen LogP contribution is 2.22. The van der Waals surface area contributed by atoms with E-state index in [-0.39, 0.29) is 0 Å². The van der Waals surface area contributed by atoms with E-state index in [1.807, 2.05) is 18.2 Å². The molecule has 3 nitrogen and oxygen atoms in total. The molecule has 0 aliphatic carbocycles. The van der Waals surface area contributed by atoms with Gasteiger partial charge in [-0.25, -0.2) is 0 Å². The van der Waals surface area contributed by atoms with Crippen LogP contribution in [0.2, 0.25) is 5.02 Å². The van der Waals surface area contributed by atoms with Crippen molar-refractivity contribution in [2.45, 2.75) is 26.0 Å². The second-order valence-corrected chi connectivity index (χ2v) is 5.97. The van der Waals surface area contributed by atoms with Crippen LogP contribution in [0.15, 0.2) is 24.3 Å². The van der Waals surface area contributed by atoms with Gasteiger partial charge in [0, 0.05) is 29.7 Å². The Morgan fingerprint density at radius 2 is 1.89 bits per heavy atom. The van der Waals surface area contributed by atoms with Gasteiger partial charge in [0.05, 0.1) is 6.10 Å². The van der Waals surface area contributed by atoms with Crippen LogP contribution in [0.1, 0.15) is 25.5 Å². The summed E-state index contributed by atoms with van der Waals surface area (Å²) < 4.78 is 0. The maximum Gasteiger partial charge on any atom is 0.0928 e. The quantitative estimate of drug-likeness (QED) is 0.808. The summed E-state index contributed by atoms with van der Waals surface area (Å²) >= 11 is 6.09. The molecule has 0 amide bonds. The van der Waals surface area contributed by atoms with Crippen molar-refractivity contribution in [2.24, 2.45) is 5.92 Å². The van der Waals surface area contributed by atoms with Crippen LogP contribution in [0.4, 0.5) is 0 Å². The molecule has 108 valence electrons. The normalized spacial score (nSPS) is 14.9. The first-order valence-electron chi connectivity index (χ1n) is 6.72. The number of rotatable bonds is 7. The van der Waals surface area contributed by atoms with Gasteiger partial charge >= 0.3 is 0 Å². The third-order valence-electron chi connectivity index (χ3n) is 3.20. The Morgan fingerprint density at radius 1 is 1.26 bits per heavy atom. The molecule has 1 aromatic carbocycles. The van der Waals surface area contributed by atoms with Crippen molar-refractivity contribution in [1.82, 2.24) is 10.2 Å². The van der Waals surface area contributed by atoms with E-state index in [9.17, 15) is 5.11 Å². The summed E-state index contributed by atoms with van der Waals surface area (Å²) in [4.78, 5) is 2.15. The monoisotopic (exact) mass is 284 g/mol. The molecule has 1 rings (SSSR count). The molecule has 0 heterocycles. The minimum Gasteiger partial charge on any atom is -0.387 e. The Labute approximate surface area is 121 Å². The molecule has 0 aliphatic rings. The number of halogens is 1. The van der Waals surface area contributed by atoms with Gasteiger partial charge in [0.1, 0.15) is 0 Å². The number of hydrogen-bond donors (Lipinski definition) is 2. The predicted molar refractivity (Wildman–Crippen MR) is 81.6 cm³/mol. The molecule has 1 aromatic rings. The average Bonchev–Trinajstić information content (AvgIpc) is 2.34. The molecular weight excluding hydrogens is 260 g/mol. The van der Waals surface area contributed by atoms with Gasteiger partial charge in [-0.15, -0.1) is 0 Å². The molecule has 0 radical (unpaired) electrons. The molecule has 0 aromatic heterocycles. The molecule has 2 unspecified atom stereocenters. The lowest BCUT2D eigenvalue weighted by molar-refractivity contribution is 0.160. The molecule has 0 aliphatic heterocycles. The fourth-order valence-electron chi connectivity index (χ4n) is 2.02. The molecular formula is C15H25ClN2O. The number of nitrogens with one attached hydrogen (secondary N) is 1. The van der Waals surface area contributed by atoms with Gasteiger partial charge in [-0.1, -0.05) is 43.6 Å². The predicted octanol–water partition coefficient (Wildman–Crippen LogP) is 2.55. The average molecular weight is 285 g/mol. The van der Waals surface area contributed by atoms with Crippen LogP contribution >= 0.6 is 11.6 Å². The van der Waals surface area contributed by atoms with Gasteiger partial charge in [-0.3, -0.25) is 0 Å². The van der Waals surface area contributed by atoms with Gasteiger partial charge in [0.2, 0.25) is 0 Å². The third-order valence-corrected chi connectivity index (χ3v) is 3.55. The van der Waals surface area contributed by atoms with E-state index in [1.165, 1.54) is 0 Å². The highest BCUT2D eigenvalue weighted by atomic mass is 35.5. The van der Waals surface area contributed by atoms with E-state index in [0.29, 0.717) is 23.5 Å². The summed E-state index contributed by atoms with van der Waals surface area (Å²) in [5.74, 6) is 0.515. The van der Waals surface area contributed by atoms with Gasteiger partial charge < -0.3 is 15.3 Å². The highest BCUT2D eigenvalue weighted by Gasteiger charge is 2.17. The molecule has 2 N–H and O–H groups in total. The first-order valence-corrected chi connectivity index (χ1v) is 7.10. The summed E-state index contributed by atoms with van der Waals surface area (Å²) in [6, 6.07) is 7.79. The second kappa shape index (κ2) is 7.85. The number of benzene rings is 1. The molecule has 2 atom stereocenters. The summed E-state index contributed by atoms with van der Waals surface area (Å²) in [7, 11) is 4.11. The Hall–Kier alpha value is -0.610. The van der Waals surface area contributed by atoms with Crippen molar-refractivity contribution in [3.8, 4) is 0 Å². The van der Waals surface area contributed by atoms with Crippen molar-refractivity contribution in [3.05, 3.63) is 34.9 Å². The smallest absolute Gasteiger partial charge is 0.0928 e. The Morgan fingerprint density at radius 3 is 2.42 bits per heavy atom. The first-order chi connectivity index (χ1) is 8.91. The fraction of sp³-hybridized carbons (Fsp3) is 0.600. The van der Waals surface area contributed by atoms with E-state index in [0.717, 1.165) is 12.1 Å². The zero-order valence-corrected chi connectivity index (χ0v) is 13.0. The third kappa shape index (κ3) is 5.49. The zero-order valence-electron chi connectivity index (χ0n) is 12.2. The Balaban J connectivity index is 2.57. The molecule has 0 fully saturated rings. The Kier molecular flexibility index (Phi) is 6.80. The van der Waals surface area contributed by atoms with E-state index >= 15 is 0 Å². The van der Waals surface area contributed by atoms with E-state index in [4.69, 9.17) is 11.6 Å². The maximum atomic E-state index is 10.2. The maximum absolute atomic E-state index is 10.2. The number of aliphatic hydroxyl groups is 1. The van der Waals surface area contributed by atoms with Crippen LogP contribution in [0.5, 0.6) is 0 Å². The first kappa shape index (κ1) is 16.4. The second-order valence-electron chi connectivity index (χ2n) is 5.56. The van der Waals surface area contributed by atoms with Crippen LogP contribution in [-0.2, 0) is 0 Å². The van der Waals surface area contributed by atoms with Crippen molar-refractivity contribution in [1.29, 1.82) is 0 Å². The lowest BCUT2D eigenvalue weighted by Gasteiger charge is -2.27. The summed E-state index contributed by atoms with van der Waals surface area (Å²) in [5.41, 5.74) is 0.782. The van der Waals surface area contributed by atoms with Crippen LogP contribution in [0.25, 0.3) is 0 Å². The summed E-state index contributed by atoms with van der Waals surface area (Å²) in [6.45, 7) is 5.83. The highest BCUT2D eigenvalue weighted by molar-refractivity contribution is 6.31. The zero-order chi connectivity index (χ0) is 14.4. The van der Waals surface area contributed by atoms with Gasteiger partial charge in [-0.2, -0.15) is 0 Å². The van der Waals surface area contributed by atoms with Crippen molar-refractivity contribution >= 4 is 11.6 Å². The standard InChI is InChI=1S/C15H25ClN2O/c1-11(2)14(10-18(3)4)17-9-15(19)12-7-5-6-8-13(12)16/h5-8,11,14-15,17,19H,9-10H2,1-4H3. The molecule has 19 heavy (non-hydrogen) atoms. The molecule has 0 saturated heterocycles. The summed E-state index contributed by atoms with van der Waals surface area (Å²) in [5, 5.41) is 14.2. The number of likely N-dealkylation sites (N-methyl/N-ethyl adjacent to an activating group) is 1. The van der Waals surface area contributed by atoms with Crippen LogP contribution in [0, 0.1) is 5.92 Å². The number of hydrogen-bond acceptors (Lipinski definition) is 3. The lowest BCUT2D eigenvalue weighted by Crippen LogP contribution is -2.43. The van der Waals surface area contributed by atoms with Gasteiger partial charge in [0.15, 0.2) is 0 Å². The van der Waals surface area contributed by atoms with Crippen LogP contribution < -0.4 is 5.32 Å². The van der Waals surface area contributed by atoms with E-state index in [2.05, 4.69) is 38.2 Å². The van der Waals surface area contributed by atoms with E-state index < -0.39 is 6.10 Å². The van der Waals surface area contributed by atoms with Crippen molar-refractivity contribution < 1.29 is 5.11 Å². The van der Waals surface area contributed by atoms with Crippen LogP contribution in [0.3, 0.4) is 0 Å². The minimum atomic E-state index is -0.572. The topological polar surface area (TPSA) is 35.5 Å². The molecule has 0 bridgehead atoms. The van der Waals surface area contributed by atoms with E-state index in [1.54, 1.807) is 6.07 Å². The Bertz CT molecular complexity index is 382. The molecule has 0 spiro atoms. The van der Waals surface area contributed by atoms with Crippen molar-refractivity contribution in [3.63, 3.8) is 0 Å². The van der Waals surface area contributed by atoms with Gasteiger partial charge in [-0.05, 0) is 26.1 Å². The number of aliphatic hydroxyl groups excluding tert-OH is 1. The summed E-state index contributed by atoms with van der Waals surface area (Å²) in [6.07, 6.45) is -0.572. The largest absolute Gasteiger partial charge is 0.387 e. The molecule has 0 saturated carbocycles.